The lowest BCUT2D eigenvalue weighted by atomic mass is 10.1. The van der Waals surface area contributed by atoms with Gasteiger partial charge in [-0.3, -0.25) is 10.1 Å². The summed E-state index contributed by atoms with van der Waals surface area (Å²) in [5.41, 5.74) is 0.576. The minimum atomic E-state index is -0.671. The van der Waals surface area contributed by atoms with Gasteiger partial charge in [-0.25, -0.2) is 14.8 Å². The van der Waals surface area contributed by atoms with E-state index in [0.717, 1.165) is 6.07 Å². The molecule has 0 saturated carbocycles. The molecule has 20 heavy (non-hydrogen) atoms. The average Bonchev–Trinajstić information content (AvgIpc) is 2.45. The van der Waals surface area contributed by atoms with E-state index in [0.29, 0.717) is 11.3 Å². The maximum Gasteiger partial charge on any atom is 0.338 e. The molecule has 1 aromatic heterocycles. The van der Waals surface area contributed by atoms with E-state index in [-0.39, 0.29) is 16.5 Å². The number of hydrogen-bond donors (Lipinski definition) is 0. The third-order valence-corrected chi connectivity index (χ3v) is 2.65. The Kier molecular flexibility index (Phi) is 3.90. The Morgan fingerprint density at radius 3 is 2.75 bits per heavy atom. The fraction of sp³-hybridized carbons (Fsp3) is 0.0833. The second-order valence-corrected chi connectivity index (χ2v) is 4.07. The molecule has 0 aliphatic carbocycles. The summed E-state index contributed by atoms with van der Waals surface area (Å²) < 4.78 is 4.57. The predicted molar refractivity (Wildman–Crippen MR) is 70.5 cm³/mol. The second kappa shape index (κ2) is 5.62. The highest BCUT2D eigenvalue weighted by atomic mass is 35.5. The van der Waals surface area contributed by atoms with E-state index in [1.165, 1.54) is 31.5 Å². The van der Waals surface area contributed by atoms with E-state index < -0.39 is 10.9 Å². The van der Waals surface area contributed by atoms with Gasteiger partial charge in [0, 0.05) is 23.9 Å². The van der Waals surface area contributed by atoms with Gasteiger partial charge in [0.2, 0.25) is 5.28 Å². The van der Waals surface area contributed by atoms with Crippen LogP contribution in [-0.4, -0.2) is 28.0 Å². The Balaban J connectivity index is 2.60. The van der Waals surface area contributed by atoms with Gasteiger partial charge in [-0.1, -0.05) is 0 Å². The van der Waals surface area contributed by atoms with Gasteiger partial charge in [-0.05, 0) is 23.7 Å². The highest BCUT2D eigenvalue weighted by Crippen LogP contribution is 2.25. The van der Waals surface area contributed by atoms with Crippen LogP contribution < -0.4 is 0 Å². The van der Waals surface area contributed by atoms with Crippen molar-refractivity contribution in [1.29, 1.82) is 0 Å². The third-order valence-electron chi connectivity index (χ3n) is 2.47. The molecule has 1 heterocycles. The molecule has 0 radical (unpaired) electrons. The van der Waals surface area contributed by atoms with Gasteiger partial charge in [0.25, 0.3) is 5.69 Å². The van der Waals surface area contributed by atoms with Crippen molar-refractivity contribution in [2.75, 3.05) is 7.11 Å². The number of carbonyl (C=O) groups excluding carboxylic acids is 1. The highest BCUT2D eigenvalue weighted by Gasteiger charge is 2.16. The van der Waals surface area contributed by atoms with Crippen LogP contribution in [0, 0.1) is 10.1 Å². The average molecular weight is 294 g/mol. The Morgan fingerprint density at radius 1 is 1.40 bits per heavy atom. The Bertz CT molecular complexity index is 690. The summed E-state index contributed by atoms with van der Waals surface area (Å²) in [7, 11) is 1.20. The molecule has 0 N–H and O–H groups in total. The number of esters is 1. The number of nitro groups is 1. The molecule has 2 aromatic rings. The third kappa shape index (κ3) is 2.89. The first kappa shape index (κ1) is 13.9. The number of benzene rings is 1. The summed E-state index contributed by atoms with van der Waals surface area (Å²) in [4.78, 5) is 29.5. The van der Waals surface area contributed by atoms with Crippen LogP contribution in [0.1, 0.15) is 10.4 Å². The summed E-state index contributed by atoms with van der Waals surface area (Å²) in [6.45, 7) is 0. The van der Waals surface area contributed by atoms with E-state index in [9.17, 15) is 14.9 Å². The normalized spacial score (nSPS) is 10.1. The molecular formula is C12H8ClN3O4. The molecule has 7 nitrogen and oxygen atoms in total. The zero-order valence-corrected chi connectivity index (χ0v) is 11.0. The van der Waals surface area contributed by atoms with Crippen molar-refractivity contribution in [3.63, 3.8) is 0 Å². The lowest BCUT2D eigenvalue weighted by Gasteiger charge is -2.04. The summed E-state index contributed by atoms with van der Waals surface area (Å²) in [6, 6.07) is 5.41. The van der Waals surface area contributed by atoms with Gasteiger partial charge in [0.15, 0.2) is 0 Å². The molecule has 0 atom stereocenters. The minimum Gasteiger partial charge on any atom is -0.465 e. The molecule has 0 bridgehead atoms. The lowest BCUT2D eigenvalue weighted by Crippen LogP contribution is -2.03. The molecule has 2 rings (SSSR count). The Morgan fingerprint density at radius 2 is 2.15 bits per heavy atom. The molecule has 8 heteroatoms. The van der Waals surface area contributed by atoms with Crippen LogP contribution in [0.2, 0.25) is 5.28 Å². The van der Waals surface area contributed by atoms with Crippen LogP contribution in [0.4, 0.5) is 5.69 Å². The minimum absolute atomic E-state index is 0.00799. The number of hydrogen-bond acceptors (Lipinski definition) is 6. The number of rotatable bonds is 3. The number of ether oxygens (including phenoxy) is 1. The van der Waals surface area contributed by atoms with Gasteiger partial charge >= 0.3 is 5.97 Å². The molecule has 102 valence electrons. The van der Waals surface area contributed by atoms with Gasteiger partial charge in [-0.15, -0.1) is 0 Å². The quantitative estimate of drug-likeness (QED) is 0.373. The Hall–Kier alpha value is -2.54. The van der Waals surface area contributed by atoms with Crippen LogP contribution in [0.15, 0.2) is 30.5 Å². The molecule has 1 aromatic carbocycles. The topological polar surface area (TPSA) is 95.2 Å². The second-order valence-electron chi connectivity index (χ2n) is 3.73. The van der Waals surface area contributed by atoms with Crippen molar-refractivity contribution < 1.29 is 14.5 Å². The van der Waals surface area contributed by atoms with Crippen LogP contribution >= 0.6 is 11.6 Å². The first-order chi connectivity index (χ1) is 9.51. The van der Waals surface area contributed by atoms with E-state index in [4.69, 9.17) is 11.6 Å². The molecule has 0 amide bonds. The van der Waals surface area contributed by atoms with Crippen LogP contribution in [0.5, 0.6) is 0 Å². The number of carbonyl (C=O) groups is 1. The zero-order chi connectivity index (χ0) is 14.7. The molecule has 0 aliphatic heterocycles. The summed E-state index contributed by atoms with van der Waals surface area (Å²) in [6.07, 6.45) is 1.42. The smallest absolute Gasteiger partial charge is 0.338 e. The van der Waals surface area contributed by atoms with Crippen molar-refractivity contribution >= 4 is 23.3 Å². The SMILES string of the molecule is COC(=O)c1cc(-c2ccnc(Cl)n2)cc([N+](=O)[O-])c1. The molecule has 0 saturated heterocycles. The first-order valence-electron chi connectivity index (χ1n) is 5.38. The maximum atomic E-state index is 11.5. The van der Waals surface area contributed by atoms with Gasteiger partial charge in [0.05, 0.1) is 23.3 Å². The lowest BCUT2D eigenvalue weighted by molar-refractivity contribution is -0.384. The number of nitrogens with zero attached hydrogens (tertiary/aromatic N) is 3. The zero-order valence-electron chi connectivity index (χ0n) is 10.2. The summed E-state index contributed by atoms with van der Waals surface area (Å²) in [5, 5.41) is 10.9. The van der Waals surface area contributed by atoms with Crippen molar-refractivity contribution in [2.24, 2.45) is 0 Å². The van der Waals surface area contributed by atoms with Crippen molar-refractivity contribution in [1.82, 2.24) is 9.97 Å². The van der Waals surface area contributed by atoms with Crippen molar-refractivity contribution in [3.8, 4) is 11.3 Å². The van der Waals surface area contributed by atoms with Crippen molar-refractivity contribution in [2.45, 2.75) is 0 Å². The Labute approximate surface area is 118 Å². The molecule has 0 spiro atoms. The standard InChI is InChI=1S/C12H8ClN3O4/c1-20-11(17)8-4-7(5-9(6-8)16(18)19)10-2-3-14-12(13)15-10/h2-6H,1H3. The number of methoxy groups -OCH3 is 1. The van der Waals surface area contributed by atoms with Crippen molar-refractivity contribution in [3.05, 3.63) is 51.4 Å². The van der Waals surface area contributed by atoms with Gasteiger partial charge < -0.3 is 4.74 Å². The largest absolute Gasteiger partial charge is 0.465 e. The van der Waals surface area contributed by atoms with Crippen LogP contribution in [0.3, 0.4) is 0 Å². The maximum absolute atomic E-state index is 11.5. The summed E-state index contributed by atoms with van der Waals surface area (Å²) in [5.74, 6) is -0.671. The fourth-order valence-electron chi connectivity index (χ4n) is 1.60. The number of aromatic nitrogens is 2. The molecular weight excluding hydrogens is 286 g/mol. The monoisotopic (exact) mass is 293 g/mol. The van der Waals surface area contributed by atoms with Gasteiger partial charge in [0.1, 0.15) is 0 Å². The molecule has 0 aliphatic rings. The molecule has 0 unspecified atom stereocenters. The van der Waals surface area contributed by atoms with Crippen LogP contribution in [-0.2, 0) is 4.74 Å². The highest BCUT2D eigenvalue weighted by molar-refractivity contribution is 6.28. The first-order valence-corrected chi connectivity index (χ1v) is 5.76. The summed E-state index contributed by atoms with van der Waals surface area (Å²) >= 11 is 5.68. The number of non-ortho nitro benzene ring substituents is 1. The van der Waals surface area contributed by atoms with E-state index in [1.807, 2.05) is 0 Å². The van der Waals surface area contributed by atoms with E-state index in [2.05, 4.69) is 14.7 Å². The number of nitro benzene ring substituents is 1. The van der Waals surface area contributed by atoms with E-state index >= 15 is 0 Å². The molecule has 0 fully saturated rings. The predicted octanol–water partition coefficient (Wildman–Crippen LogP) is 2.49. The fourth-order valence-corrected chi connectivity index (χ4v) is 1.74. The number of halogens is 1. The van der Waals surface area contributed by atoms with Crippen LogP contribution in [0.25, 0.3) is 11.3 Å². The van der Waals surface area contributed by atoms with Gasteiger partial charge in [-0.2, -0.15) is 0 Å². The van der Waals surface area contributed by atoms with E-state index in [1.54, 1.807) is 0 Å².